The lowest BCUT2D eigenvalue weighted by Crippen LogP contribution is -2.49. The largest absolute Gasteiger partial charge is 0.467 e. The summed E-state index contributed by atoms with van der Waals surface area (Å²) in [6.45, 7) is 4.27. The van der Waals surface area contributed by atoms with Crippen molar-refractivity contribution < 1.29 is 14.3 Å². The summed E-state index contributed by atoms with van der Waals surface area (Å²) in [6, 6.07) is 0. The van der Waals surface area contributed by atoms with Gasteiger partial charge in [-0.25, -0.2) is 9.78 Å². The van der Waals surface area contributed by atoms with Gasteiger partial charge in [-0.1, -0.05) is 12.8 Å². The molecule has 1 saturated carbocycles. The van der Waals surface area contributed by atoms with Gasteiger partial charge in [0.25, 0.3) is 0 Å². The van der Waals surface area contributed by atoms with Crippen LogP contribution in [0, 0.1) is 0 Å². The number of hydrogen-bond acceptors (Lipinski definition) is 6. The maximum absolute atomic E-state index is 11.7. The average Bonchev–Trinajstić information content (AvgIpc) is 3.16. The zero-order valence-electron chi connectivity index (χ0n) is 13.3. The molecule has 1 aliphatic heterocycles. The number of rotatable bonds is 4. The van der Waals surface area contributed by atoms with E-state index in [0.29, 0.717) is 12.5 Å². The lowest BCUT2D eigenvalue weighted by molar-refractivity contribution is -0.166. The zero-order chi connectivity index (χ0) is 15.5. The van der Waals surface area contributed by atoms with E-state index in [-0.39, 0.29) is 12.1 Å². The molecule has 0 radical (unpaired) electrons. The molecule has 22 heavy (non-hydrogen) atoms. The molecule has 0 N–H and O–H groups in total. The summed E-state index contributed by atoms with van der Waals surface area (Å²) in [5.41, 5.74) is 0. The smallest absolute Gasteiger partial charge is 0.336 e. The maximum atomic E-state index is 11.7. The second-order valence-electron chi connectivity index (χ2n) is 6.30. The summed E-state index contributed by atoms with van der Waals surface area (Å²) >= 11 is 1.83. The Hall–Kier alpha value is -0.980. The van der Waals surface area contributed by atoms with Crippen molar-refractivity contribution in [3.05, 3.63) is 16.1 Å². The number of carbonyl (C=O) groups excluding carboxylic acids is 1. The van der Waals surface area contributed by atoms with E-state index >= 15 is 0 Å². The molecule has 0 aromatic carbocycles. The molecular weight excluding hydrogens is 300 g/mol. The maximum Gasteiger partial charge on any atom is 0.336 e. The number of methoxy groups -OCH3 is 1. The molecule has 0 amide bonds. The topological polar surface area (TPSA) is 51.7 Å². The number of morpholine rings is 1. The third-order valence-electron chi connectivity index (χ3n) is 4.46. The third kappa shape index (κ3) is 3.67. The molecule has 2 atom stereocenters. The van der Waals surface area contributed by atoms with Crippen LogP contribution in [0.5, 0.6) is 0 Å². The molecule has 3 rings (SSSR count). The van der Waals surface area contributed by atoms with Gasteiger partial charge in [0, 0.05) is 36.6 Å². The lowest BCUT2D eigenvalue weighted by Gasteiger charge is -2.35. The van der Waals surface area contributed by atoms with Gasteiger partial charge in [0.05, 0.1) is 18.2 Å². The summed E-state index contributed by atoms with van der Waals surface area (Å²) in [4.78, 5) is 19.9. The SMILES string of the molecule is COC(=O)[C@H]1CN(Cc2cnc(C3CCCC3)s2)C[C@@H](C)O1. The van der Waals surface area contributed by atoms with E-state index in [1.54, 1.807) is 0 Å². The van der Waals surface area contributed by atoms with Crippen molar-refractivity contribution >= 4 is 17.3 Å². The Morgan fingerprint density at radius 1 is 1.45 bits per heavy atom. The van der Waals surface area contributed by atoms with Gasteiger partial charge in [0.15, 0.2) is 6.10 Å². The van der Waals surface area contributed by atoms with E-state index in [0.717, 1.165) is 13.1 Å². The van der Waals surface area contributed by atoms with E-state index in [2.05, 4.69) is 9.88 Å². The summed E-state index contributed by atoms with van der Waals surface area (Å²) in [5, 5.41) is 1.29. The molecule has 6 heteroatoms. The number of hydrogen-bond donors (Lipinski definition) is 0. The first kappa shape index (κ1) is 15.9. The molecular formula is C16H24N2O3S. The monoisotopic (exact) mass is 324 g/mol. The molecule has 0 spiro atoms. The highest BCUT2D eigenvalue weighted by molar-refractivity contribution is 7.11. The summed E-state index contributed by atoms with van der Waals surface area (Å²) in [5.74, 6) is 0.387. The van der Waals surface area contributed by atoms with Crippen molar-refractivity contribution in [1.29, 1.82) is 0 Å². The van der Waals surface area contributed by atoms with Gasteiger partial charge in [0.1, 0.15) is 0 Å². The fraction of sp³-hybridized carbons (Fsp3) is 0.750. The van der Waals surface area contributed by atoms with Gasteiger partial charge in [-0.05, 0) is 19.8 Å². The van der Waals surface area contributed by atoms with E-state index in [1.165, 1.54) is 42.7 Å². The van der Waals surface area contributed by atoms with Gasteiger partial charge in [0.2, 0.25) is 0 Å². The minimum Gasteiger partial charge on any atom is -0.467 e. The number of ether oxygens (including phenoxy) is 2. The van der Waals surface area contributed by atoms with Crippen LogP contribution in [0.25, 0.3) is 0 Å². The summed E-state index contributed by atoms with van der Waals surface area (Å²) < 4.78 is 10.5. The van der Waals surface area contributed by atoms with Crippen LogP contribution < -0.4 is 0 Å². The van der Waals surface area contributed by atoms with Crippen LogP contribution in [0.1, 0.15) is 48.4 Å². The Labute approximate surface area is 135 Å². The highest BCUT2D eigenvalue weighted by Crippen LogP contribution is 2.36. The fourth-order valence-corrected chi connectivity index (χ4v) is 4.54. The highest BCUT2D eigenvalue weighted by atomic mass is 32.1. The van der Waals surface area contributed by atoms with Crippen molar-refractivity contribution in [3.8, 4) is 0 Å². The fourth-order valence-electron chi connectivity index (χ4n) is 3.41. The molecule has 0 bridgehead atoms. The first-order valence-corrected chi connectivity index (χ1v) is 8.87. The van der Waals surface area contributed by atoms with Crippen molar-refractivity contribution in [2.45, 2.75) is 57.3 Å². The Morgan fingerprint density at radius 2 is 2.23 bits per heavy atom. The Kier molecular flexibility index (Phi) is 5.10. The first-order chi connectivity index (χ1) is 10.7. The van der Waals surface area contributed by atoms with Gasteiger partial charge in [-0.2, -0.15) is 0 Å². The van der Waals surface area contributed by atoms with Gasteiger partial charge in [-0.15, -0.1) is 11.3 Å². The lowest BCUT2D eigenvalue weighted by atomic mass is 10.1. The van der Waals surface area contributed by atoms with Crippen LogP contribution in [-0.4, -0.2) is 48.3 Å². The second-order valence-corrected chi connectivity index (χ2v) is 7.45. The van der Waals surface area contributed by atoms with E-state index in [9.17, 15) is 4.79 Å². The number of carbonyl (C=O) groups is 1. The van der Waals surface area contributed by atoms with Crippen molar-refractivity contribution in [3.63, 3.8) is 0 Å². The molecule has 1 aromatic rings. The molecule has 2 heterocycles. The minimum atomic E-state index is -0.476. The zero-order valence-corrected chi connectivity index (χ0v) is 14.1. The third-order valence-corrected chi connectivity index (χ3v) is 5.60. The van der Waals surface area contributed by atoms with E-state index in [1.807, 2.05) is 24.5 Å². The number of aromatic nitrogens is 1. The quantitative estimate of drug-likeness (QED) is 0.797. The molecule has 122 valence electrons. The Balaban J connectivity index is 1.61. The first-order valence-electron chi connectivity index (χ1n) is 8.06. The number of thiazole rings is 1. The summed E-state index contributed by atoms with van der Waals surface area (Å²) in [6.07, 6.45) is 6.81. The predicted octanol–water partition coefficient (Wildman–Crippen LogP) is 2.56. The number of esters is 1. The molecule has 5 nitrogen and oxygen atoms in total. The van der Waals surface area contributed by atoms with E-state index < -0.39 is 6.10 Å². The molecule has 1 aromatic heterocycles. The van der Waals surface area contributed by atoms with Crippen LogP contribution in [-0.2, 0) is 20.8 Å². The van der Waals surface area contributed by atoms with Gasteiger partial charge < -0.3 is 9.47 Å². The molecule has 0 unspecified atom stereocenters. The van der Waals surface area contributed by atoms with Gasteiger partial charge >= 0.3 is 5.97 Å². The van der Waals surface area contributed by atoms with Crippen molar-refractivity contribution in [2.24, 2.45) is 0 Å². The molecule has 1 aliphatic carbocycles. The van der Waals surface area contributed by atoms with Gasteiger partial charge in [-0.3, -0.25) is 4.90 Å². The second kappa shape index (κ2) is 7.06. The van der Waals surface area contributed by atoms with Crippen LogP contribution in [0.15, 0.2) is 6.20 Å². The normalized spacial score (nSPS) is 27.2. The standard InChI is InChI=1S/C16H24N2O3S/c1-11-8-18(10-14(21-11)16(19)20-2)9-13-7-17-15(22-13)12-5-3-4-6-12/h7,11-12,14H,3-6,8-10H2,1-2H3/t11-,14-/m1/s1. The Bertz CT molecular complexity index is 513. The van der Waals surface area contributed by atoms with E-state index in [4.69, 9.17) is 9.47 Å². The molecule has 1 saturated heterocycles. The highest BCUT2D eigenvalue weighted by Gasteiger charge is 2.31. The Morgan fingerprint density at radius 3 is 2.95 bits per heavy atom. The van der Waals surface area contributed by atoms with Crippen molar-refractivity contribution in [1.82, 2.24) is 9.88 Å². The van der Waals surface area contributed by atoms with Crippen molar-refractivity contribution in [2.75, 3.05) is 20.2 Å². The van der Waals surface area contributed by atoms with Crippen LogP contribution in [0.3, 0.4) is 0 Å². The predicted molar refractivity (Wildman–Crippen MR) is 85.0 cm³/mol. The van der Waals surface area contributed by atoms with Crippen LogP contribution in [0.4, 0.5) is 0 Å². The molecule has 2 fully saturated rings. The number of nitrogens with zero attached hydrogens (tertiary/aromatic N) is 2. The summed E-state index contributed by atoms with van der Waals surface area (Å²) in [7, 11) is 1.41. The average molecular weight is 324 g/mol. The van der Waals surface area contributed by atoms with Crippen LogP contribution in [0.2, 0.25) is 0 Å². The van der Waals surface area contributed by atoms with Crippen LogP contribution >= 0.6 is 11.3 Å². The molecule has 2 aliphatic rings. The minimum absolute atomic E-state index is 0.0417.